The molecule has 1 aliphatic rings. The summed E-state index contributed by atoms with van der Waals surface area (Å²) >= 11 is 0. The summed E-state index contributed by atoms with van der Waals surface area (Å²) in [5, 5.41) is 5.30. The molecule has 1 aromatic rings. The van der Waals surface area contributed by atoms with Gasteiger partial charge >= 0.3 is 0 Å². The van der Waals surface area contributed by atoms with Crippen molar-refractivity contribution in [3.63, 3.8) is 0 Å². The van der Waals surface area contributed by atoms with Crippen molar-refractivity contribution in [2.45, 2.75) is 13.3 Å². The molecule has 0 saturated carbocycles. The van der Waals surface area contributed by atoms with Gasteiger partial charge in [0, 0.05) is 18.7 Å². The molecular formula is C12H13FN2O2. The highest BCUT2D eigenvalue weighted by molar-refractivity contribution is 5.97. The zero-order chi connectivity index (χ0) is 12.4. The van der Waals surface area contributed by atoms with Gasteiger partial charge in [-0.1, -0.05) is 0 Å². The molecule has 2 N–H and O–H groups in total. The summed E-state index contributed by atoms with van der Waals surface area (Å²) in [5.41, 5.74) is 1.24. The molecule has 17 heavy (non-hydrogen) atoms. The molecule has 0 bridgehead atoms. The van der Waals surface area contributed by atoms with Crippen molar-refractivity contribution < 1.29 is 14.0 Å². The van der Waals surface area contributed by atoms with Crippen LogP contribution in [0.15, 0.2) is 18.2 Å². The van der Waals surface area contributed by atoms with Gasteiger partial charge in [0.25, 0.3) is 0 Å². The molecule has 0 radical (unpaired) electrons. The largest absolute Gasteiger partial charge is 0.355 e. The van der Waals surface area contributed by atoms with Crippen LogP contribution >= 0.6 is 0 Å². The molecule has 2 rings (SSSR count). The summed E-state index contributed by atoms with van der Waals surface area (Å²) < 4.78 is 12.9. The second-order valence-electron chi connectivity index (χ2n) is 4.15. The number of benzene rings is 1. The summed E-state index contributed by atoms with van der Waals surface area (Å²) in [6.45, 7) is 2.08. The summed E-state index contributed by atoms with van der Waals surface area (Å²) in [5.74, 6) is -0.996. The van der Waals surface area contributed by atoms with Crippen molar-refractivity contribution in [3.8, 4) is 0 Å². The Morgan fingerprint density at radius 3 is 2.88 bits per heavy atom. The van der Waals surface area contributed by atoms with E-state index < -0.39 is 0 Å². The van der Waals surface area contributed by atoms with Crippen molar-refractivity contribution >= 4 is 17.5 Å². The Kier molecular flexibility index (Phi) is 3.08. The van der Waals surface area contributed by atoms with Gasteiger partial charge in [-0.3, -0.25) is 9.59 Å². The van der Waals surface area contributed by atoms with E-state index in [1.54, 1.807) is 6.92 Å². The fraction of sp³-hybridized carbons (Fsp3) is 0.333. The van der Waals surface area contributed by atoms with Gasteiger partial charge in [-0.05, 0) is 30.7 Å². The van der Waals surface area contributed by atoms with Crippen LogP contribution in [0.1, 0.15) is 12.0 Å². The maximum Gasteiger partial charge on any atom is 0.229 e. The predicted octanol–water partition coefficient (Wildman–Crippen LogP) is 1.21. The van der Waals surface area contributed by atoms with Crippen molar-refractivity contribution in [2.75, 3.05) is 11.9 Å². The maximum absolute atomic E-state index is 12.9. The van der Waals surface area contributed by atoms with Crippen LogP contribution in [0.25, 0.3) is 0 Å². The van der Waals surface area contributed by atoms with E-state index in [2.05, 4.69) is 10.6 Å². The van der Waals surface area contributed by atoms with Crippen LogP contribution in [0.4, 0.5) is 10.1 Å². The number of hydrogen-bond donors (Lipinski definition) is 2. The number of nitrogens with one attached hydrogen (secondary N) is 2. The summed E-state index contributed by atoms with van der Waals surface area (Å²) in [6.07, 6.45) is 0.214. The van der Waals surface area contributed by atoms with Crippen LogP contribution in [0.5, 0.6) is 0 Å². The SMILES string of the molecule is Cc1cc(F)ccc1NC(=O)C1CNC(=O)C1. The smallest absolute Gasteiger partial charge is 0.229 e. The van der Waals surface area contributed by atoms with Gasteiger partial charge in [0.15, 0.2) is 0 Å². The van der Waals surface area contributed by atoms with E-state index in [1.165, 1.54) is 18.2 Å². The molecule has 1 unspecified atom stereocenters. The van der Waals surface area contributed by atoms with Gasteiger partial charge in [-0.25, -0.2) is 4.39 Å². The third-order valence-corrected chi connectivity index (χ3v) is 2.79. The summed E-state index contributed by atoms with van der Waals surface area (Å²) in [6, 6.07) is 4.17. The third kappa shape index (κ3) is 2.61. The number of anilines is 1. The fourth-order valence-electron chi connectivity index (χ4n) is 1.79. The Balaban J connectivity index is 2.05. The van der Waals surface area contributed by atoms with Crippen LogP contribution in [-0.2, 0) is 9.59 Å². The van der Waals surface area contributed by atoms with Gasteiger partial charge in [0.2, 0.25) is 11.8 Å². The Labute approximate surface area is 98.2 Å². The summed E-state index contributed by atoms with van der Waals surface area (Å²) in [4.78, 5) is 22.8. The van der Waals surface area contributed by atoms with Crippen LogP contribution in [-0.4, -0.2) is 18.4 Å². The second kappa shape index (κ2) is 4.53. The molecule has 1 aliphatic heterocycles. The average Bonchev–Trinajstić information content (AvgIpc) is 2.69. The van der Waals surface area contributed by atoms with Gasteiger partial charge in [0.05, 0.1) is 5.92 Å². The number of halogens is 1. The normalized spacial score (nSPS) is 18.9. The van der Waals surface area contributed by atoms with Crippen molar-refractivity contribution in [1.82, 2.24) is 5.32 Å². The number of rotatable bonds is 2. The van der Waals surface area contributed by atoms with Crippen molar-refractivity contribution in [2.24, 2.45) is 5.92 Å². The maximum atomic E-state index is 12.9. The van der Waals surface area contributed by atoms with E-state index in [4.69, 9.17) is 0 Å². The molecule has 0 aliphatic carbocycles. The second-order valence-corrected chi connectivity index (χ2v) is 4.15. The molecule has 1 heterocycles. The van der Waals surface area contributed by atoms with E-state index >= 15 is 0 Å². The molecule has 4 nitrogen and oxygen atoms in total. The molecule has 2 amide bonds. The number of carbonyl (C=O) groups is 2. The van der Waals surface area contributed by atoms with Crippen LogP contribution in [0, 0.1) is 18.7 Å². The van der Waals surface area contributed by atoms with Crippen molar-refractivity contribution in [1.29, 1.82) is 0 Å². The topological polar surface area (TPSA) is 58.2 Å². The minimum atomic E-state index is -0.341. The Morgan fingerprint density at radius 1 is 1.53 bits per heavy atom. The Hall–Kier alpha value is -1.91. The predicted molar refractivity (Wildman–Crippen MR) is 60.9 cm³/mol. The fourth-order valence-corrected chi connectivity index (χ4v) is 1.79. The Morgan fingerprint density at radius 2 is 2.29 bits per heavy atom. The van der Waals surface area contributed by atoms with E-state index in [9.17, 15) is 14.0 Å². The average molecular weight is 236 g/mol. The minimum absolute atomic E-state index is 0.110. The first-order valence-electron chi connectivity index (χ1n) is 5.40. The zero-order valence-corrected chi connectivity index (χ0v) is 9.42. The first-order chi connectivity index (χ1) is 8.06. The lowest BCUT2D eigenvalue weighted by atomic mass is 10.1. The molecule has 1 fully saturated rings. The van der Waals surface area contributed by atoms with Crippen LogP contribution in [0.3, 0.4) is 0 Å². The molecule has 90 valence electrons. The Bertz CT molecular complexity index is 474. The molecule has 1 aromatic carbocycles. The number of aryl methyl sites for hydroxylation is 1. The van der Waals surface area contributed by atoms with E-state index in [1.807, 2.05) is 0 Å². The first kappa shape index (κ1) is 11.6. The van der Waals surface area contributed by atoms with Gasteiger partial charge < -0.3 is 10.6 Å². The lowest BCUT2D eigenvalue weighted by Crippen LogP contribution is -2.25. The van der Waals surface area contributed by atoms with Crippen molar-refractivity contribution in [3.05, 3.63) is 29.6 Å². The monoisotopic (exact) mass is 236 g/mol. The first-order valence-corrected chi connectivity index (χ1v) is 5.40. The summed E-state index contributed by atoms with van der Waals surface area (Å²) in [7, 11) is 0. The highest BCUT2D eigenvalue weighted by atomic mass is 19.1. The number of hydrogen-bond acceptors (Lipinski definition) is 2. The number of amides is 2. The lowest BCUT2D eigenvalue weighted by Gasteiger charge is -2.11. The number of carbonyl (C=O) groups excluding carboxylic acids is 2. The molecule has 5 heteroatoms. The molecular weight excluding hydrogens is 223 g/mol. The van der Waals surface area contributed by atoms with Gasteiger partial charge in [-0.15, -0.1) is 0 Å². The van der Waals surface area contributed by atoms with E-state index in [-0.39, 0.29) is 30.0 Å². The van der Waals surface area contributed by atoms with E-state index in [0.29, 0.717) is 17.8 Å². The molecule has 1 atom stereocenters. The minimum Gasteiger partial charge on any atom is -0.355 e. The quantitative estimate of drug-likeness (QED) is 0.810. The molecule has 1 saturated heterocycles. The van der Waals surface area contributed by atoms with Gasteiger partial charge in [0.1, 0.15) is 5.82 Å². The van der Waals surface area contributed by atoms with E-state index in [0.717, 1.165) is 0 Å². The molecule has 0 aromatic heterocycles. The standard InChI is InChI=1S/C12H13FN2O2/c1-7-4-9(13)2-3-10(7)15-12(17)8-5-11(16)14-6-8/h2-4,8H,5-6H2,1H3,(H,14,16)(H,15,17). The lowest BCUT2D eigenvalue weighted by molar-refractivity contribution is -0.123. The highest BCUT2D eigenvalue weighted by Gasteiger charge is 2.28. The van der Waals surface area contributed by atoms with Crippen LogP contribution < -0.4 is 10.6 Å². The van der Waals surface area contributed by atoms with Crippen LogP contribution in [0.2, 0.25) is 0 Å². The third-order valence-electron chi connectivity index (χ3n) is 2.79. The zero-order valence-electron chi connectivity index (χ0n) is 9.42. The molecule has 0 spiro atoms. The highest BCUT2D eigenvalue weighted by Crippen LogP contribution is 2.18. The van der Waals surface area contributed by atoms with Gasteiger partial charge in [-0.2, -0.15) is 0 Å².